The van der Waals surface area contributed by atoms with Crippen molar-refractivity contribution in [2.75, 3.05) is 31.6 Å². The molecule has 1 amide bonds. The van der Waals surface area contributed by atoms with Gasteiger partial charge in [0.2, 0.25) is 0 Å². The number of anilines is 1. The zero-order valence-corrected chi connectivity index (χ0v) is 20.7. The summed E-state index contributed by atoms with van der Waals surface area (Å²) in [6.45, 7) is 5.56. The van der Waals surface area contributed by atoms with Crippen LogP contribution >= 0.6 is 0 Å². The minimum Gasteiger partial charge on any atom is -0.488 e. The van der Waals surface area contributed by atoms with Crippen molar-refractivity contribution in [1.29, 1.82) is 0 Å². The number of carbonyl (C=O) groups is 1. The summed E-state index contributed by atoms with van der Waals surface area (Å²) in [5, 5.41) is 11.0. The molecule has 3 heterocycles. The van der Waals surface area contributed by atoms with E-state index in [1.807, 2.05) is 25.4 Å². The van der Waals surface area contributed by atoms with E-state index in [1.54, 1.807) is 29.9 Å². The van der Waals surface area contributed by atoms with Crippen LogP contribution in [0.15, 0.2) is 59.6 Å². The van der Waals surface area contributed by atoms with Crippen LogP contribution in [0.5, 0.6) is 5.75 Å². The van der Waals surface area contributed by atoms with E-state index in [4.69, 9.17) is 14.0 Å². The smallest absolute Gasteiger partial charge is 0.259 e. The lowest BCUT2D eigenvalue weighted by atomic mass is 9.97. The first-order valence-corrected chi connectivity index (χ1v) is 12.0. The summed E-state index contributed by atoms with van der Waals surface area (Å²) >= 11 is 0. The SMILES string of the molecule is Cc1nocc1NC(=O)c1cc(-c2cnn(C)c2)c(CN2CCOCC2)cc1OCc1ccc(F)cc1. The molecular weight excluding hydrogens is 477 g/mol. The summed E-state index contributed by atoms with van der Waals surface area (Å²) in [7, 11) is 1.85. The number of carbonyl (C=O) groups excluding carboxylic acids is 1. The molecule has 4 aromatic rings. The fourth-order valence-corrected chi connectivity index (χ4v) is 4.22. The topological polar surface area (TPSA) is 94.7 Å². The summed E-state index contributed by atoms with van der Waals surface area (Å²) in [5.41, 5.74) is 4.98. The summed E-state index contributed by atoms with van der Waals surface area (Å²) in [4.78, 5) is 15.8. The lowest BCUT2D eigenvalue weighted by molar-refractivity contribution is 0.0342. The van der Waals surface area contributed by atoms with Gasteiger partial charge < -0.3 is 19.3 Å². The predicted octanol–water partition coefficient (Wildman–Crippen LogP) is 4.19. The van der Waals surface area contributed by atoms with Crippen LogP contribution in [0.25, 0.3) is 11.1 Å². The van der Waals surface area contributed by atoms with Crippen LogP contribution in [0.2, 0.25) is 0 Å². The molecule has 0 bridgehead atoms. The minimum atomic E-state index is -0.358. The summed E-state index contributed by atoms with van der Waals surface area (Å²) in [6, 6.07) is 9.84. The molecule has 1 aliphatic heterocycles. The van der Waals surface area contributed by atoms with Crippen molar-refractivity contribution in [3.05, 3.63) is 83.3 Å². The van der Waals surface area contributed by atoms with Crippen molar-refractivity contribution in [2.45, 2.75) is 20.1 Å². The first-order valence-electron chi connectivity index (χ1n) is 12.0. The minimum absolute atomic E-state index is 0.177. The molecule has 192 valence electrons. The number of nitrogens with zero attached hydrogens (tertiary/aromatic N) is 4. The Hall–Kier alpha value is -4.02. The number of hydrogen-bond acceptors (Lipinski definition) is 7. The standard InChI is InChI=1S/C27H28FN5O4/c1-18-25(17-37-31-18)30-27(34)24-12-23(21-13-29-32(2)14-21)20(15-33-7-9-35-10-8-33)11-26(24)36-16-19-3-5-22(28)6-4-19/h3-6,11-14,17H,7-10,15-16H2,1-2H3,(H,30,34). The lowest BCUT2D eigenvalue weighted by Crippen LogP contribution is -2.35. The van der Waals surface area contributed by atoms with E-state index >= 15 is 0 Å². The van der Waals surface area contributed by atoms with Crippen molar-refractivity contribution in [3.63, 3.8) is 0 Å². The Labute approximate surface area is 213 Å². The number of aryl methyl sites for hydroxylation is 2. The molecule has 2 aromatic carbocycles. The van der Waals surface area contributed by atoms with Gasteiger partial charge in [-0.3, -0.25) is 14.4 Å². The van der Waals surface area contributed by atoms with E-state index in [1.165, 1.54) is 18.4 Å². The van der Waals surface area contributed by atoms with Gasteiger partial charge in [0.15, 0.2) is 0 Å². The number of nitrogens with one attached hydrogen (secondary N) is 1. The van der Waals surface area contributed by atoms with Crippen LogP contribution in [0.4, 0.5) is 10.1 Å². The number of aromatic nitrogens is 3. The molecule has 10 heteroatoms. The Balaban J connectivity index is 1.54. The quantitative estimate of drug-likeness (QED) is 0.384. The van der Waals surface area contributed by atoms with E-state index in [9.17, 15) is 9.18 Å². The van der Waals surface area contributed by atoms with Gasteiger partial charge in [-0.2, -0.15) is 5.10 Å². The summed E-state index contributed by atoms with van der Waals surface area (Å²) in [6.07, 6.45) is 5.09. The number of benzene rings is 2. The zero-order chi connectivity index (χ0) is 25.8. The van der Waals surface area contributed by atoms with E-state index < -0.39 is 0 Å². The van der Waals surface area contributed by atoms with Gasteiger partial charge in [-0.05, 0) is 47.9 Å². The van der Waals surface area contributed by atoms with Gasteiger partial charge in [-0.1, -0.05) is 17.3 Å². The Bertz CT molecular complexity index is 1380. The molecule has 0 radical (unpaired) electrons. The van der Waals surface area contributed by atoms with Crippen LogP contribution in [-0.2, 0) is 24.9 Å². The number of hydrogen-bond donors (Lipinski definition) is 1. The number of ether oxygens (including phenoxy) is 2. The maximum absolute atomic E-state index is 13.5. The molecule has 0 saturated carbocycles. The average Bonchev–Trinajstić information content (AvgIpc) is 3.52. The Kier molecular flexibility index (Phi) is 7.29. The molecule has 1 fully saturated rings. The van der Waals surface area contributed by atoms with Crippen LogP contribution in [0, 0.1) is 12.7 Å². The van der Waals surface area contributed by atoms with E-state index in [0.29, 0.717) is 42.5 Å². The molecule has 9 nitrogen and oxygen atoms in total. The fourth-order valence-electron chi connectivity index (χ4n) is 4.22. The highest BCUT2D eigenvalue weighted by Gasteiger charge is 2.22. The summed E-state index contributed by atoms with van der Waals surface area (Å²) < 4.78 is 31.8. The maximum Gasteiger partial charge on any atom is 0.259 e. The van der Waals surface area contributed by atoms with Crippen LogP contribution in [-0.4, -0.2) is 52.0 Å². The molecule has 1 saturated heterocycles. The van der Waals surface area contributed by atoms with Gasteiger partial charge in [0.1, 0.15) is 35.8 Å². The molecular formula is C27H28FN5O4. The largest absolute Gasteiger partial charge is 0.488 e. The number of rotatable bonds is 8. The highest BCUT2D eigenvalue weighted by molar-refractivity contribution is 6.07. The van der Waals surface area contributed by atoms with E-state index in [-0.39, 0.29) is 18.3 Å². The molecule has 5 rings (SSSR count). The van der Waals surface area contributed by atoms with Crippen molar-refractivity contribution < 1.29 is 23.2 Å². The monoisotopic (exact) mass is 505 g/mol. The highest BCUT2D eigenvalue weighted by Crippen LogP contribution is 2.33. The molecule has 1 aliphatic rings. The number of halogens is 1. The van der Waals surface area contributed by atoms with Crippen molar-refractivity contribution in [3.8, 4) is 16.9 Å². The Morgan fingerprint density at radius 3 is 2.65 bits per heavy atom. The Morgan fingerprint density at radius 2 is 1.97 bits per heavy atom. The van der Waals surface area contributed by atoms with Gasteiger partial charge in [-0.25, -0.2) is 4.39 Å². The van der Waals surface area contributed by atoms with Gasteiger partial charge in [0.05, 0.1) is 25.0 Å². The van der Waals surface area contributed by atoms with Crippen LogP contribution < -0.4 is 10.1 Å². The van der Waals surface area contributed by atoms with E-state index in [2.05, 4.69) is 20.5 Å². The maximum atomic E-state index is 13.5. The molecule has 0 aliphatic carbocycles. The lowest BCUT2D eigenvalue weighted by Gasteiger charge is -2.28. The Morgan fingerprint density at radius 1 is 1.19 bits per heavy atom. The van der Waals surface area contributed by atoms with Gasteiger partial charge in [-0.15, -0.1) is 0 Å². The number of morpholine rings is 1. The second-order valence-corrected chi connectivity index (χ2v) is 8.98. The first kappa shape index (κ1) is 24.7. The predicted molar refractivity (Wildman–Crippen MR) is 135 cm³/mol. The van der Waals surface area contributed by atoms with Crippen molar-refractivity contribution >= 4 is 11.6 Å². The molecule has 2 aromatic heterocycles. The average molecular weight is 506 g/mol. The number of amides is 1. The van der Waals surface area contributed by atoms with Crippen LogP contribution in [0.3, 0.4) is 0 Å². The normalized spacial score (nSPS) is 14.0. The van der Waals surface area contributed by atoms with Crippen molar-refractivity contribution in [1.82, 2.24) is 19.8 Å². The zero-order valence-electron chi connectivity index (χ0n) is 20.7. The van der Waals surface area contributed by atoms with Crippen LogP contribution in [0.1, 0.15) is 27.2 Å². The highest BCUT2D eigenvalue weighted by atomic mass is 19.1. The molecule has 0 unspecified atom stereocenters. The second-order valence-electron chi connectivity index (χ2n) is 8.98. The first-order chi connectivity index (χ1) is 18.0. The van der Waals surface area contributed by atoms with E-state index in [0.717, 1.165) is 35.3 Å². The van der Waals surface area contributed by atoms with Gasteiger partial charge >= 0.3 is 0 Å². The molecule has 1 N–H and O–H groups in total. The molecule has 0 atom stereocenters. The summed E-state index contributed by atoms with van der Waals surface area (Å²) in [5.74, 6) is -0.253. The second kappa shape index (κ2) is 10.9. The molecule has 0 spiro atoms. The van der Waals surface area contributed by atoms with Gasteiger partial charge in [0.25, 0.3) is 5.91 Å². The van der Waals surface area contributed by atoms with Crippen molar-refractivity contribution in [2.24, 2.45) is 7.05 Å². The fraction of sp³-hybridized carbons (Fsp3) is 0.296. The van der Waals surface area contributed by atoms with Gasteiger partial charge in [0, 0.05) is 38.4 Å². The third-order valence-electron chi connectivity index (χ3n) is 6.27. The third-order valence-corrected chi connectivity index (χ3v) is 6.27. The third kappa shape index (κ3) is 5.87. The molecule has 37 heavy (non-hydrogen) atoms.